The first-order valence-electron chi connectivity index (χ1n) is 6.91. The van der Waals surface area contributed by atoms with Crippen LogP contribution in [0.4, 0.5) is 0 Å². The van der Waals surface area contributed by atoms with Gasteiger partial charge in [0.15, 0.2) is 0 Å². The lowest BCUT2D eigenvalue weighted by atomic mass is 9.84. The van der Waals surface area contributed by atoms with Gasteiger partial charge in [0.1, 0.15) is 0 Å². The van der Waals surface area contributed by atoms with Crippen LogP contribution >= 0.6 is 0 Å². The number of aliphatic carboxylic acids is 1. The molecule has 2 N–H and O–H groups in total. The Kier molecular flexibility index (Phi) is 6.03. The quantitative estimate of drug-likeness (QED) is 0.708. The van der Waals surface area contributed by atoms with Crippen LogP contribution in [0.5, 0.6) is 0 Å². The average Bonchev–Trinajstić information content (AvgIpc) is 2.33. The molecule has 0 aliphatic heterocycles. The summed E-state index contributed by atoms with van der Waals surface area (Å²) in [5, 5.41) is 12.0. The second-order valence-corrected chi connectivity index (χ2v) is 5.78. The van der Waals surface area contributed by atoms with Gasteiger partial charge in [0.25, 0.3) is 0 Å². The van der Waals surface area contributed by atoms with E-state index >= 15 is 0 Å². The van der Waals surface area contributed by atoms with Crippen LogP contribution in [0.15, 0.2) is 24.3 Å². The van der Waals surface area contributed by atoms with Crippen LogP contribution in [0.2, 0.25) is 0 Å². The fraction of sp³-hybridized carbons (Fsp3) is 0.562. The van der Waals surface area contributed by atoms with Gasteiger partial charge in [-0.05, 0) is 31.9 Å². The van der Waals surface area contributed by atoms with Crippen LogP contribution in [0.3, 0.4) is 0 Å². The Morgan fingerprint density at radius 3 is 2.68 bits per heavy atom. The van der Waals surface area contributed by atoms with Gasteiger partial charge in [-0.25, -0.2) is 0 Å². The molecule has 1 aromatic rings. The molecule has 0 saturated heterocycles. The first-order chi connectivity index (χ1) is 8.92. The summed E-state index contributed by atoms with van der Waals surface area (Å²) >= 11 is 0. The summed E-state index contributed by atoms with van der Waals surface area (Å²) in [5.41, 5.74) is 2.72. The summed E-state index contributed by atoms with van der Waals surface area (Å²) in [7, 11) is 0. The lowest BCUT2D eigenvalue weighted by Gasteiger charge is -2.26. The Morgan fingerprint density at radius 2 is 2.05 bits per heavy atom. The van der Waals surface area contributed by atoms with Crippen molar-refractivity contribution < 1.29 is 9.90 Å². The van der Waals surface area contributed by atoms with Crippen LogP contribution in [0, 0.1) is 6.92 Å². The molecule has 0 fully saturated rings. The summed E-state index contributed by atoms with van der Waals surface area (Å²) < 4.78 is 0. The first kappa shape index (κ1) is 15.7. The zero-order valence-electron chi connectivity index (χ0n) is 12.2. The van der Waals surface area contributed by atoms with Crippen molar-refractivity contribution in [2.75, 3.05) is 13.1 Å². The van der Waals surface area contributed by atoms with Crippen molar-refractivity contribution in [2.24, 2.45) is 0 Å². The molecule has 0 bridgehead atoms. The highest BCUT2D eigenvalue weighted by Gasteiger charge is 2.19. The van der Waals surface area contributed by atoms with E-state index in [-0.39, 0.29) is 11.8 Å². The molecular formula is C16H25NO2. The standard InChI is InChI=1S/C16H25NO2/c1-13-7-6-8-14(11-13)16(2,3)12-17-10-5-4-9-15(18)19/h6-8,11,17H,4-5,9-10,12H2,1-3H3,(H,18,19). The molecule has 1 rings (SSSR count). The van der Waals surface area contributed by atoms with Crippen molar-refractivity contribution in [3.8, 4) is 0 Å². The van der Waals surface area contributed by atoms with E-state index in [0.717, 1.165) is 25.9 Å². The summed E-state index contributed by atoms with van der Waals surface area (Å²) in [4.78, 5) is 10.4. The smallest absolute Gasteiger partial charge is 0.303 e. The van der Waals surface area contributed by atoms with Gasteiger partial charge in [-0.1, -0.05) is 43.7 Å². The number of carboxylic acids is 1. The number of nitrogens with one attached hydrogen (secondary N) is 1. The Morgan fingerprint density at radius 1 is 1.32 bits per heavy atom. The minimum absolute atomic E-state index is 0.0960. The Bertz CT molecular complexity index is 413. The second kappa shape index (κ2) is 7.29. The molecule has 0 atom stereocenters. The SMILES string of the molecule is Cc1cccc(C(C)(C)CNCCCCC(=O)O)c1. The van der Waals surface area contributed by atoms with Crippen molar-refractivity contribution in [3.05, 3.63) is 35.4 Å². The van der Waals surface area contributed by atoms with Gasteiger partial charge < -0.3 is 10.4 Å². The number of carbonyl (C=O) groups is 1. The van der Waals surface area contributed by atoms with E-state index in [4.69, 9.17) is 5.11 Å². The highest BCUT2D eigenvalue weighted by atomic mass is 16.4. The van der Waals surface area contributed by atoms with Crippen molar-refractivity contribution >= 4 is 5.97 Å². The largest absolute Gasteiger partial charge is 0.481 e. The first-order valence-corrected chi connectivity index (χ1v) is 6.91. The van der Waals surface area contributed by atoms with Crippen molar-refractivity contribution in [1.82, 2.24) is 5.32 Å². The van der Waals surface area contributed by atoms with Crippen LogP contribution in [0.1, 0.15) is 44.2 Å². The Balaban J connectivity index is 2.33. The fourth-order valence-corrected chi connectivity index (χ4v) is 2.10. The summed E-state index contributed by atoms with van der Waals surface area (Å²) in [6.45, 7) is 8.35. The summed E-state index contributed by atoms with van der Waals surface area (Å²) in [6.07, 6.45) is 1.92. The lowest BCUT2D eigenvalue weighted by Crippen LogP contribution is -2.33. The maximum absolute atomic E-state index is 10.4. The molecule has 0 aliphatic carbocycles. The van der Waals surface area contributed by atoms with E-state index in [1.807, 2.05) is 0 Å². The molecule has 3 heteroatoms. The van der Waals surface area contributed by atoms with Gasteiger partial charge >= 0.3 is 5.97 Å². The number of hydrogen-bond donors (Lipinski definition) is 2. The maximum atomic E-state index is 10.4. The molecule has 0 aliphatic rings. The van der Waals surface area contributed by atoms with E-state index in [2.05, 4.69) is 50.4 Å². The second-order valence-electron chi connectivity index (χ2n) is 5.78. The minimum atomic E-state index is -0.708. The lowest BCUT2D eigenvalue weighted by molar-refractivity contribution is -0.137. The molecule has 0 heterocycles. The van der Waals surface area contributed by atoms with Crippen molar-refractivity contribution in [1.29, 1.82) is 0 Å². The average molecular weight is 263 g/mol. The van der Waals surface area contributed by atoms with Crippen LogP contribution in [0.25, 0.3) is 0 Å². The number of carboxylic acid groups (broad SMARTS) is 1. The topological polar surface area (TPSA) is 49.3 Å². The van der Waals surface area contributed by atoms with E-state index < -0.39 is 5.97 Å². The van der Waals surface area contributed by atoms with Gasteiger partial charge in [0.2, 0.25) is 0 Å². The highest BCUT2D eigenvalue weighted by molar-refractivity contribution is 5.66. The van der Waals surface area contributed by atoms with E-state index in [0.29, 0.717) is 0 Å². The molecule has 0 unspecified atom stereocenters. The molecule has 0 saturated carbocycles. The minimum Gasteiger partial charge on any atom is -0.481 e. The van der Waals surface area contributed by atoms with Crippen LogP contribution in [-0.2, 0) is 10.2 Å². The molecule has 1 aromatic carbocycles. The third-order valence-electron chi connectivity index (χ3n) is 3.36. The van der Waals surface area contributed by atoms with Crippen LogP contribution in [-0.4, -0.2) is 24.2 Å². The van der Waals surface area contributed by atoms with E-state index in [9.17, 15) is 4.79 Å². The normalized spacial score (nSPS) is 11.5. The monoisotopic (exact) mass is 263 g/mol. The van der Waals surface area contributed by atoms with Gasteiger partial charge in [0, 0.05) is 18.4 Å². The highest BCUT2D eigenvalue weighted by Crippen LogP contribution is 2.22. The van der Waals surface area contributed by atoms with Crippen molar-refractivity contribution in [3.63, 3.8) is 0 Å². The van der Waals surface area contributed by atoms with Gasteiger partial charge in [-0.15, -0.1) is 0 Å². The molecular weight excluding hydrogens is 238 g/mol. The van der Waals surface area contributed by atoms with Gasteiger partial charge in [0.05, 0.1) is 0 Å². The molecule has 0 amide bonds. The number of hydrogen-bond acceptors (Lipinski definition) is 2. The number of rotatable bonds is 8. The molecule has 0 radical (unpaired) electrons. The van der Waals surface area contributed by atoms with Crippen LogP contribution < -0.4 is 5.32 Å². The van der Waals surface area contributed by atoms with Gasteiger partial charge in [-0.2, -0.15) is 0 Å². The summed E-state index contributed by atoms with van der Waals surface area (Å²) in [5.74, 6) is -0.708. The fourth-order valence-electron chi connectivity index (χ4n) is 2.10. The number of benzene rings is 1. The third-order valence-corrected chi connectivity index (χ3v) is 3.36. The molecule has 3 nitrogen and oxygen atoms in total. The summed E-state index contributed by atoms with van der Waals surface area (Å²) in [6, 6.07) is 8.60. The predicted molar refractivity (Wildman–Crippen MR) is 78.6 cm³/mol. The van der Waals surface area contributed by atoms with E-state index in [1.165, 1.54) is 11.1 Å². The van der Waals surface area contributed by atoms with Gasteiger partial charge in [-0.3, -0.25) is 4.79 Å². The third kappa shape index (κ3) is 5.88. The predicted octanol–water partition coefficient (Wildman–Crippen LogP) is 3.12. The zero-order chi connectivity index (χ0) is 14.3. The molecule has 0 aromatic heterocycles. The maximum Gasteiger partial charge on any atom is 0.303 e. The number of unbranched alkanes of at least 4 members (excludes halogenated alkanes) is 1. The number of aryl methyl sites for hydroxylation is 1. The van der Waals surface area contributed by atoms with E-state index in [1.54, 1.807) is 0 Å². The molecule has 106 valence electrons. The Hall–Kier alpha value is -1.35. The van der Waals surface area contributed by atoms with Crippen molar-refractivity contribution in [2.45, 2.75) is 45.4 Å². The molecule has 0 spiro atoms. The zero-order valence-corrected chi connectivity index (χ0v) is 12.2. The molecule has 19 heavy (non-hydrogen) atoms. The Labute approximate surface area is 116 Å².